The average Bonchev–Trinajstić information content (AvgIpc) is 2.75. The number of rotatable bonds is 6. The molecular weight excluding hydrogens is 450 g/mol. The Hall–Kier alpha value is -2.03. The first kappa shape index (κ1) is 24.6. The minimum Gasteiger partial charge on any atom is -0.353 e. The van der Waals surface area contributed by atoms with Gasteiger partial charge in [-0.2, -0.15) is 13.2 Å². The molecule has 1 aromatic rings. The smallest absolute Gasteiger partial charge is 0.353 e. The number of nitrogens with zero attached hydrogens (tertiary/aromatic N) is 1. The lowest BCUT2D eigenvalue weighted by Gasteiger charge is -2.39. The van der Waals surface area contributed by atoms with E-state index in [4.69, 9.17) is 11.6 Å². The Morgan fingerprint density at radius 2 is 1.97 bits per heavy atom. The van der Waals surface area contributed by atoms with Gasteiger partial charge in [-0.3, -0.25) is 4.79 Å². The highest BCUT2D eigenvalue weighted by atomic mass is 35.5. The zero-order valence-corrected chi connectivity index (χ0v) is 18.5. The van der Waals surface area contributed by atoms with Crippen molar-refractivity contribution in [2.24, 2.45) is 5.41 Å². The minimum atomic E-state index is -4.27. The third-order valence-electron chi connectivity index (χ3n) is 6.53. The van der Waals surface area contributed by atoms with E-state index >= 15 is 0 Å². The van der Waals surface area contributed by atoms with Gasteiger partial charge in [-0.25, -0.2) is 9.18 Å². The normalized spacial score (nSPS) is 19.9. The number of halogens is 5. The lowest BCUT2D eigenvalue weighted by Crippen LogP contribution is -2.53. The second-order valence-electron chi connectivity index (χ2n) is 8.68. The molecule has 1 saturated carbocycles. The topological polar surface area (TPSA) is 61.4 Å². The lowest BCUT2D eigenvalue weighted by atomic mass is 9.70. The first-order valence-electron chi connectivity index (χ1n) is 11.0. The van der Waals surface area contributed by atoms with E-state index in [0.717, 1.165) is 6.42 Å². The van der Waals surface area contributed by atoms with E-state index in [0.29, 0.717) is 31.5 Å². The summed E-state index contributed by atoms with van der Waals surface area (Å²) in [5, 5.41) is 5.31. The average molecular weight is 478 g/mol. The number of hydrogen-bond acceptors (Lipinski definition) is 2. The van der Waals surface area contributed by atoms with Crippen molar-refractivity contribution in [3.8, 4) is 0 Å². The van der Waals surface area contributed by atoms with Crippen LogP contribution in [0.1, 0.15) is 63.0 Å². The van der Waals surface area contributed by atoms with E-state index in [1.165, 1.54) is 23.1 Å². The van der Waals surface area contributed by atoms with Crippen LogP contribution in [0.25, 0.3) is 0 Å². The molecule has 178 valence electrons. The number of urea groups is 1. The summed E-state index contributed by atoms with van der Waals surface area (Å²) in [5.74, 6) is -0.899. The number of benzene rings is 1. The summed E-state index contributed by atoms with van der Waals surface area (Å²) in [6, 6.07) is 2.87. The Balaban J connectivity index is 1.72. The number of piperazine rings is 1. The largest absolute Gasteiger partial charge is 0.394 e. The van der Waals surface area contributed by atoms with Crippen LogP contribution >= 0.6 is 11.6 Å². The molecule has 1 unspecified atom stereocenters. The Kier molecular flexibility index (Phi) is 7.90. The maximum atomic E-state index is 13.9. The van der Waals surface area contributed by atoms with Gasteiger partial charge in [-0.05, 0) is 43.4 Å². The van der Waals surface area contributed by atoms with Gasteiger partial charge in [0.2, 0.25) is 5.91 Å². The molecular formula is C22H28ClF4N3O2. The van der Waals surface area contributed by atoms with Crippen molar-refractivity contribution in [3.05, 3.63) is 34.6 Å². The number of alkyl halides is 3. The Bertz CT molecular complexity index is 828. The molecule has 1 aromatic carbocycles. The van der Waals surface area contributed by atoms with Gasteiger partial charge in [0, 0.05) is 13.1 Å². The molecule has 0 bridgehead atoms. The Labute approximate surface area is 189 Å². The summed E-state index contributed by atoms with van der Waals surface area (Å²) >= 11 is 5.90. The van der Waals surface area contributed by atoms with Crippen LogP contribution < -0.4 is 10.6 Å². The standard InChI is InChI=1S/C22H28ClF4N3O2/c23-16-13-15(6-7-17(16)24)18(29-20(32)30-12-11-28-19(31)14-30)5-4-10-21(22(25,26)27)8-2-1-3-9-21/h6-7,13,18H,1-5,8-12,14H2,(H,28,31)(H,29,32). The summed E-state index contributed by atoms with van der Waals surface area (Å²) in [6.45, 7) is 0.555. The highest BCUT2D eigenvalue weighted by molar-refractivity contribution is 6.30. The van der Waals surface area contributed by atoms with Crippen molar-refractivity contribution in [1.29, 1.82) is 0 Å². The predicted molar refractivity (Wildman–Crippen MR) is 113 cm³/mol. The molecule has 32 heavy (non-hydrogen) atoms. The van der Waals surface area contributed by atoms with Gasteiger partial charge in [0.05, 0.1) is 16.5 Å². The molecule has 2 N–H and O–H groups in total. The van der Waals surface area contributed by atoms with Crippen LogP contribution in [-0.2, 0) is 4.79 Å². The van der Waals surface area contributed by atoms with Crippen molar-refractivity contribution in [2.75, 3.05) is 19.6 Å². The van der Waals surface area contributed by atoms with Gasteiger partial charge in [0.1, 0.15) is 12.4 Å². The van der Waals surface area contributed by atoms with E-state index in [9.17, 15) is 27.2 Å². The van der Waals surface area contributed by atoms with Crippen LogP contribution in [0, 0.1) is 11.2 Å². The zero-order valence-electron chi connectivity index (χ0n) is 17.7. The van der Waals surface area contributed by atoms with Crippen LogP contribution in [0.4, 0.5) is 22.4 Å². The Morgan fingerprint density at radius 1 is 1.25 bits per heavy atom. The van der Waals surface area contributed by atoms with E-state index in [1.54, 1.807) is 0 Å². The zero-order chi connectivity index (χ0) is 23.4. The lowest BCUT2D eigenvalue weighted by molar-refractivity contribution is -0.237. The van der Waals surface area contributed by atoms with Crippen molar-refractivity contribution < 1.29 is 27.2 Å². The molecule has 0 aromatic heterocycles. The number of nitrogens with one attached hydrogen (secondary N) is 2. The molecule has 1 saturated heterocycles. The molecule has 2 aliphatic rings. The fourth-order valence-electron chi connectivity index (χ4n) is 4.65. The van der Waals surface area contributed by atoms with Crippen molar-refractivity contribution in [2.45, 2.75) is 63.6 Å². The second-order valence-corrected chi connectivity index (χ2v) is 9.09. The monoisotopic (exact) mass is 477 g/mol. The van der Waals surface area contributed by atoms with Gasteiger partial charge in [-0.1, -0.05) is 43.4 Å². The van der Waals surface area contributed by atoms with Crippen molar-refractivity contribution in [3.63, 3.8) is 0 Å². The summed E-state index contributed by atoms with van der Waals surface area (Å²) < 4.78 is 55.2. The minimum absolute atomic E-state index is 0.0239. The molecule has 1 aliphatic heterocycles. The van der Waals surface area contributed by atoms with Crippen molar-refractivity contribution in [1.82, 2.24) is 15.5 Å². The molecule has 5 nitrogen and oxygen atoms in total. The van der Waals surface area contributed by atoms with Gasteiger partial charge in [0.15, 0.2) is 0 Å². The maximum absolute atomic E-state index is 13.9. The molecule has 10 heteroatoms. The van der Waals surface area contributed by atoms with Crippen molar-refractivity contribution >= 4 is 23.5 Å². The third kappa shape index (κ3) is 5.85. The van der Waals surface area contributed by atoms with Crippen LogP contribution in [0.3, 0.4) is 0 Å². The SMILES string of the molecule is O=C1CN(C(=O)NC(CCCC2(C(F)(F)F)CCCCC2)c2ccc(F)c(Cl)c2)CCN1. The number of hydrogen-bond donors (Lipinski definition) is 2. The number of amides is 3. The fourth-order valence-corrected chi connectivity index (χ4v) is 4.84. The third-order valence-corrected chi connectivity index (χ3v) is 6.82. The summed E-state index contributed by atoms with van der Waals surface area (Å²) in [6.07, 6.45) is -1.64. The van der Waals surface area contributed by atoms with Gasteiger partial charge >= 0.3 is 12.2 Å². The highest BCUT2D eigenvalue weighted by Gasteiger charge is 2.53. The number of carbonyl (C=O) groups excluding carboxylic acids is 2. The van der Waals surface area contributed by atoms with Crippen LogP contribution in [0.5, 0.6) is 0 Å². The quantitative estimate of drug-likeness (QED) is 0.543. The van der Waals surface area contributed by atoms with Crippen LogP contribution in [-0.4, -0.2) is 42.6 Å². The van der Waals surface area contributed by atoms with E-state index in [-0.39, 0.29) is 49.6 Å². The molecule has 2 fully saturated rings. The molecule has 3 amide bonds. The molecule has 1 aliphatic carbocycles. The first-order chi connectivity index (χ1) is 15.1. The first-order valence-corrected chi connectivity index (χ1v) is 11.3. The van der Waals surface area contributed by atoms with E-state index < -0.39 is 29.5 Å². The van der Waals surface area contributed by atoms with E-state index in [1.807, 2.05) is 0 Å². The fraction of sp³-hybridized carbons (Fsp3) is 0.636. The Morgan fingerprint density at radius 3 is 2.59 bits per heavy atom. The molecule has 0 radical (unpaired) electrons. The second kappa shape index (κ2) is 10.3. The van der Waals surface area contributed by atoms with Gasteiger partial charge in [-0.15, -0.1) is 0 Å². The molecule has 3 rings (SSSR count). The molecule has 0 spiro atoms. The molecule has 1 heterocycles. The van der Waals surface area contributed by atoms with Gasteiger partial charge in [0.25, 0.3) is 0 Å². The summed E-state index contributed by atoms with van der Waals surface area (Å²) in [7, 11) is 0. The van der Waals surface area contributed by atoms with Gasteiger partial charge < -0.3 is 15.5 Å². The number of carbonyl (C=O) groups is 2. The molecule has 1 atom stereocenters. The maximum Gasteiger partial charge on any atom is 0.394 e. The van der Waals surface area contributed by atoms with Crippen LogP contribution in [0.2, 0.25) is 5.02 Å². The van der Waals surface area contributed by atoms with Crippen LogP contribution in [0.15, 0.2) is 18.2 Å². The predicted octanol–water partition coefficient (Wildman–Crippen LogP) is 5.34. The van der Waals surface area contributed by atoms with E-state index in [2.05, 4.69) is 10.6 Å². The summed E-state index contributed by atoms with van der Waals surface area (Å²) in [4.78, 5) is 25.7. The highest BCUT2D eigenvalue weighted by Crippen LogP contribution is 2.52. The summed E-state index contributed by atoms with van der Waals surface area (Å²) in [5.41, 5.74) is -1.18.